The van der Waals surface area contributed by atoms with Crippen molar-refractivity contribution < 1.29 is 9.13 Å². The summed E-state index contributed by atoms with van der Waals surface area (Å²) in [7, 11) is 1.49. The van der Waals surface area contributed by atoms with E-state index in [-0.39, 0.29) is 13.0 Å². The molecule has 0 aliphatic heterocycles. The highest BCUT2D eigenvalue weighted by Gasteiger charge is 2.30. The van der Waals surface area contributed by atoms with Gasteiger partial charge in [-0.15, -0.1) is 0 Å². The summed E-state index contributed by atoms with van der Waals surface area (Å²) in [6, 6.07) is 1.67. The van der Waals surface area contributed by atoms with E-state index in [1.54, 1.807) is 18.5 Å². The number of aromatic nitrogens is 1. The first-order valence-electron chi connectivity index (χ1n) is 5.67. The summed E-state index contributed by atoms with van der Waals surface area (Å²) in [6.45, 7) is 0.513. The number of halogens is 1. The van der Waals surface area contributed by atoms with E-state index in [1.807, 2.05) is 0 Å². The molecule has 0 saturated heterocycles. The number of hydrogen-bond acceptors (Lipinski definition) is 4. The average Bonchev–Trinajstić information content (AvgIpc) is 2.30. The standard InChI is InChI=1S/C12H20FN3O/c1-17-9-12(13,4-2-5-14)7-10-8-16-6-3-11(10)15/h3,6,8H,2,4-5,7,9,14H2,1H3,(H2,15,16). The second-order valence-corrected chi connectivity index (χ2v) is 4.23. The van der Waals surface area contributed by atoms with Gasteiger partial charge in [-0.3, -0.25) is 4.98 Å². The van der Waals surface area contributed by atoms with E-state index in [0.717, 1.165) is 0 Å². The number of rotatable bonds is 7. The highest BCUT2D eigenvalue weighted by molar-refractivity contribution is 5.45. The molecule has 4 nitrogen and oxygen atoms in total. The summed E-state index contributed by atoms with van der Waals surface area (Å²) in [5, 5.41) is 0. The van der Waals surface area contributed by atoms with Gasteiger partial charge in [0.2, 0.25) is 0 Å². The maximum atomic E-state index is 14.6. The Kier molecular flexibility index (Phi) is 5.31. The minimum absolute atomic E-state index is 0.0430. The van der Waals surface area contributed by atoms with Crippen molar-refractivity contribution in [2.24, 2.45) is 5.73 Å². The van der Waals surface area contributed by atoms with Crippen LogP contribution in [0.25, 0.3) is 0 Å². The predicted octanol–water partition coefficient (Wildman–Crippen LogP) is 1.30. The highest BCUT2D eigenvalue weighted by Crippen LogP contribution is 2.26. The van der Waals surface area contributed by atoms with Crippen molar-refractivity contribution in [3.05, 3.63) is 24.0 Å². The fraction of sp³-hybridized carbons (Fsp3) is 0.583. The van der Waals surface area contributed by atoms with E-state index in [0.29, 0.717) is 30.6 Å². The summed E-state index contributed by atoms with van der Waals surface area (Å²) in [5.41, 5.74) is 11.0. The van der Waals surface area contributed by atoms with Crippen LogP contribution in [0, 0.1) is 0 Å². The van der Waals surface area contributed by atoms with Crippen molar-refractivity contribution in [3.63, 3.8) is 0 Å². The SMILES string of the molecule is COCC(F)(CCCN)Cc1cnccc1N. The Morgan fingerprint density at radius 2 is 2.29 bits per heavy atom. The first kappa shape index (κ1) is 13.9. The molecule has 0 amide bonds. The maximum Gasteiger partial charge on any atom is 0.138 e. The lowest BCUT2D eigenvalue weighted by molar-refractivity contribution is 0.0335. The fourth-order valence-electron chi connectivity index (χ4n) is 1.82. The number of nitrogen functional groups attached to an aromatic ring is 1. The van der Waals surface area contributed by atoms with Gasteiger partial charge in [-0.1, -0.05) is 0 Å². The zero-order valence-electron chi connectivity index (χ0n) is 10.2. The van der Waals surface area contributed by atoms with Crippen LogP contribution < -0.4 is 11.5 Å². The molecule has 96 valence electrons. The molecule has 0 fully saturated rings. The van der Waals surface area contributed by atoms with Crippen LogP contribution in [-0.2, 0) is 11.2 Å². The Morgan fingerprint density at radius 3 is 2.88 bits per heavy atom. The van der Waals surface area contributed by atoms with Crippen molar-refractivity contribution in [1.82, 2.24) is 4.98 Å². The lowest BCUT2D eigenvalue weighted by Gasteiger charge is -2.25. The Balaban J connectivity index is 2.75. The molecule has 0 saturated carbocycles. The molecule has 1 heterocycles. The van der Waals surface area contributed by atoms with Crippen LogP contribution in [0.2, 0.25) is 0 Å². The molecule has 0 bridgehead atoms. The predicted molar refractivity (Wildman–Crippen MR) is 66.4 cm³/mol. The molecular formula is C12H20FN3O. The molecular weight excluding hydrogens is 221 g/mol. The second-order valence-electron chi connectivity index (χ2n) is 4.23. The fourth-order valence-corrected chi connectivity index (χ4v) is 1.82. The number of pyridine rings is 1. The monoisotopic (exact) mass is 241 g/mol. The second kappa shape index (κ2) is 6.51. The lowest BCUT2D eigenvalue weighted by Crippen LogP contribution is -2.32. The Labute approximate surface area is 101 Å². The van der Waals surface area contributed by atoms with E-state index < -0.39 is 5.67 Å². The normalized spacial score (nSPS) is 14.5. The summed E-state index contributed by atoms with van der Waals surface area (Å²) in [4.78, 5) is 3.96. The largest absolute Gasteiger partial charge is 0.398 e. The van der Waals surface area contributed by atoms with Crippen molar-refractivity contribution in [3.8, 4) is 0 Å². The molecule has 5 heteroatoms. The highest BCUT2D eigenvalue weighted by atomic mass is 19.1. The summed E-state index contributed by atoms with van der Waals surface area (Å²) >= 11 is 0. The molecule has 0 aromatic carbocycles. The summed E-state index contributed by atoms with van der Waals surface area (Å²) in [6.07, 6.45) is 4.39. The third-order valence-corrected chi connectivity index (χ3v) is 2.68. The molecule has 1 atom stereocenters. The number of hydrogen-bond donors (Lipinski definition) is 2. The van der Waals surface area contributed by atoms with Crippen molar-refractivity contribution in [2.75, 3.05) is 26.0 Å². The minimum atomic E-state index is -1.43. The zero-order chi connectivity index (χ0) is 12.7. The Bertz CT molecular complexity index is 348. The molecule has 4 N–H and O–H groups in total. The van der Waals surface area contributed by atoms with Gasteiger partial charge in [-0.2, -0.15) is 0 Å². The first-order chi connectivity index (χ1) is 8.11. The number of alkyl halides is 1. The number of nitrogens with two attached hydrogens (primary N) is 2. The number of nitrogens with zero attached hydrogens (tertiary/aromatic N) is 1. The smallest absolute Gasteiger partial charge is 0.138 e. The molecule has 0 aliphatic rings. The minimum Gasteiger partial charge on any atom is -0.398 e. The quantitative estimate of drug-likeness (QED) is 0.754. The van der Waals surface area contributed by atoms with Crippen LogP contribution in [0.1, 0.15) is 18.4 Å². The van der Waals surface area contributed by atoms with Gasteiger partial charge in [0.15, 0.2) is 0 Å². The third kappa shape index (κ3) is 4.28. The van der Waals surface area contributed by atoms with Crippen LogP contribution >= 0.6 is 0 Å². The molecule has 0 aliphatic carbocycles. The van der Waals surface area contributed by atoms with Gasteiger partial charge in [0, 0.05) is 31.6 Å². The van der Waals surface area contributed by atoms with Crippen LogP contribution in [0.4, 0.5) is 10.1 Å². The van der Waals surface area contributed by atoms with E-state index in [4.69, 9.17) is 16.2 Å². The van der Waals surface area contributed by atoms with E-state index in [1.165, 1.54) is 7.11 Å². The molecule has 0 spiro atoms. The molecule has 17 heavy (non-hydrogen) atoms. The third-order valence-electron chi connectivity index (χ3n) is 2.68. The number of anilines is 1. The molecule has 1 aromatic rings. The van der Waals surface area contributed by atoms with Crippen molar-refractivity contribution in [2.45, 2.75) is 24.9 Å². The molecule has 0 radical (unpaired) electrons. The number of ether oxygens (including phenoxy) is 1. The molecule has 1 aromatic heterocycles. The average molecular weight is 241 g/mol. The topological polar surface area (TPSA) is 74.2 Å². The van der Waals surface area contributed by atoms with Crippen LogP contribution in [-0.4, -0.2) is 30.9 Å². The van der Waals surface area contributed by atoms with Crippen molar-refractivity contribution in [1.29, 1.82) is 0 Å². The first-order valence-corrected chi connectivity index (χ1v) is 5.67. The summed E-state index contributed by atoms with van der Waals surface area (Å²) < 4.78 is 19.5. The lowest BCUT2D eigenvalue weighted by atomic mass is 9.92. The number of methoxy groups -OCH3 is 1. The van der Waals surface area contributed by atoms with Gasteiger partial charge in [0.1, 0.15) is 5.67 Å². The molecule has 1 unspecified atom stereocenters. The van der Waals surface area contributed by atoms with Crippen LogP contribution in [0.5, 0.6) is 0 Å². The van der Waals surface area contributed by atoms with E-state index in [2.05, 4.69) is 4.98 Å². The maximum absolute atomic E-state index is 14.6. The van der Waals surface area contributed by atoms with Gasteiger partial charge < -0.3 is 16.2 Å². The molecule has 1 rings (SSSR count). The van der Waals surface area contributed by atoms with Crippen molar-refractivity contribution >= 4 is 5.69 Å². The van der Waals surface area contributed by atoms with Gasteiger partial charge in [0.25, 0.3) is 0 Å². The zero-order valence-corrected chi connectivity index (χ0v) is 10.2. The van der Waals surface area contributed by atoms with E-state index >= 15 is 0 Å². The van der Waals surface area contributed by atoms with Gasteiger partial charge in [-0.25, -0.2) is 4.39 Å². The van der Waals surface area contributed by atoms with Crippen LogP contribution in [0.15, 0.2) is 18.5 Å². The van der Waals surface area contributed by atoms with Gasteiger partial charge in [0.05, 0.1) is 6.61 Å². The Hall–Kier alpha value is -1.20. The van der Waals surface area contributed by atoms with Gasteiger partial charge in [-0.05, 0) is 31.0 Å². The van der Waals surface area contributed by atoms with E-state index in [9.17, 15) is 4.39 Å². The van der Waals surface area contributed by atoms with Gasteiger partial charge >= 0.3 is 0 Å². The summed E-state index contributed by atoms with van der Waals surface area (Å²) in [5.74, 6) is 0. The van der Waals surface area contributed by atoms with Crippen LogP contribution in [0.3, 0.4) is 0 Å². The Morgan fingerprint density at radius 1 is 1.53 bits per heavy atom.